The van der Waals surface area contributed by atoms with Crippen LogP contribution in [-0.2, 0) is 0 Å². The molecule has 0 aliphatic rings. The zero-order valence-corrected chi connectivity index (χ0v) is 14.4. The minimum absolute atomic E-state index is 1.25. The topological polar surface area (TPSA) is 0 Å². The number of hydrogen-bond donors (Lipinski definition) is 0. The fraction of sp³-hybridized carbons (Fsp3) is 0. The van der Waals surface area contributed by atoms with Gasteiger partial charge in [-0.05, 0) is 49.9 Å². The van der Waals surface area contributed by atoms with Crippen molar-refractivity contribution in [3.63, 3.8) is 0 Å². The van der Waals surface area contributed by atoms with Gasteiger partial charge in [0.1, 0.15) is 0 Å². The van der Waals surface area contributed by atoms with Crippen molar-refractivity contribution < 1.29 is 0 Å². The average molecular weight is 330 g/mol. The summed E-state index contributed by atoms with van der Waals surface area (Å²) < 4.78 is 0. The van der Waals surface area contributed by atoms with Crippen LogP contribution in [0.15, 0.2) is 109 Å². The maximum Gasteiger partial charge on any atom is -0.00928 e. The molecule has 5 aromatic rings. The molecule has 0 fully saturated rings. The van der Waals surface area contributed by atoms with Crippen LogP contribution in [0.3, 0.4) is 0 Å². The van der Waals surface area contributed by atoms with E-state index in [1.807, 2.05) is 0 Å². The molecule has 0 heteroatoms. The summed E-state index contributed by atoms with van der Waals surface area (Å²) in [6, 6.07) is 39.0. The zero-order chi connectivity index (χ0) is 17.3. The number of rotatable bonds is 2. The molecule has 26 heavy (non-hydrogen) atoms. The highest BCUT2D eigenvalue weighted by atomic mass is 14.2. The van der Waals surface area contributed by atoms with Crippen molar-refractivity contribution >= 4 is 21.5 Å². The van der Waals surface area contributed by atoms with Crippen LogP contribution in [0.1, 0.15) is 0 Å². The molecule has 0 unspecified atom stereocenters. The first-order valence-electron chi connectivity index (χ1n) is 8.97. The second kappa shape index (κ2) is 6.16. The number of fused-ring (bicyclic) bond motifs is 3. The van der Waals surface area contributed by atoms with Crippen molar-refractivity contribution in [2.75, 3.05) is 0 Å². The summed E-state index contributed by atoms with van der Waals surface area (Å²) in [7, 11) is 0. The van der Waals surface area contributed by atoms with Gasteiger partial charge in [-0.3, -0.25) is 0 Å². The molecular formula is C26H18. The van der Waals surface area contributed by atoms with Gasteiger partial charge in [-0.2, -0.15) is 0 Å². The van der Waals surface area contributed by atoms with Gasteiger partial charge in [-0.1, -0.05) is 103 Å². The normalized spacial score (nSPS) is 11.1. The third-order valence-corrected chi connectivity index (χ3v) is 5.07. The zero-order valence-electron chi connectivity index (χ0n) is 14.4. The summed E-state index contributed by atoms with van der Waals surface area (Å²) in [5, 5.41) is 5.20. The average Bonchev–Trinajstić information content (AvgIpc) is 2.74. The molecule has 5 aromatic carbocycles. The quantitative estimate of drug-likeness (QED) is 0.297. The smallest absolute Gasteiger partial charge is 0.00928 e. The third-order valence-electron chi connectivity index (χ3n) is 5.07. The monoisotopic (exact) mass is 330 g/mol. The summed E-state index contributed by atoms with van der Waals surface area (Å²) in [5.74, 6) is 0. The Kier molecular flexibility index (Phi) is 3.54. The van der Waals surface area contributed by atoms with Gasteiger partial charge in [0.2, 0.25) is 0 Å². The molecule has 0 spiro atoms. The van der Waals surface area contributed by atoms with E-state index in [-0.39, 0.29) is 0 Å². The second-order valence-electron chi connectivity index (χ2n) is 6.60. The Labute approximate surface area is 153 Å². The van der Waals surface area contributed by atoms with Crippen molar-refractivity contribution in [3.05, 3.63) is 109 Å². The van der Waals surface area contributed by atoms with Gasteiger partial charge >= 0.3 is 0 Å². The largest absolute Gasteiger partial charge is 0.0622 e. The van der Waals surface area contributed by atoms with Crippen molar-refractivity contribution in [3.8, 4) is 22.3 Å². The molecule has 0 N–H and O–H groups in total. The molecule has 122 valence electrons. The third kappa shape index (κ3) is 2.39. The van der Waals surface area contributed by atoms with Crippen LogP contribution in [0.2, 0.25) is 0 Å². The van der Waals surface area contributed by atoms with Crippen LogP contribution in [-0.4, -0.2) is 0 Å². The highest BCUT2D eigenvalue weighted by molar-refractivity contribution is 6.14. The lowest BCUT2D eigenvalue weighted by Crippen LogP contribution is -1.88. The second-order valence-corrected chi connectivity index (χ2v) is 6.60. The summed E-state index contributed by atoms with van der Waals surface area (Å²) in [6.45, 7) is 0. The van der Waals surface area contributed by atoms with Gasteiger partial charge in [0.15, 0.2) is 0 Å². The Morgan fingerprint density at radius 2 is 0.923 bits per heavy atom. The minimum atomic E-state index is 1.25. The molecule has 0 aliphatic carbocycles. The Balaban J connectivity index is 1.89. The van der Waals surface area contributed by atoms with Crippen LogP contribution in [0.5, 0.6) is 0 Å². The molecular weight excluding hydrogens is 312 g/mol. The van der Waals surface area contributed by atoms with Crippen LogP contribution < -0.4 is 0 Å². The predicted octanol–water partition coefficient (Wildman–Crippen LogP) is 7.33. The molecule has 0 radical (unpaired) electrons. The Hall–Kier alpha value is -3.38. The van der Waals surface area contributed by atoms with Crippen molar-refractivity contribution in [1.29, 1.82) is 0 Å². The molecule has 5 rings (SSSR count). The molecule has 0 bridgehead atoms. The van der Waals surface area contributed by atoms with E-state index in [0.29, 0.717) is 0 Å². The SMILES string of the molecule is c1ccc(-c2ccccc2-c2cc3ccccc3c3ccccc23)cc1. The highest BCUT2D eigenvalue weighted by Gasteiger charge is 2.12. The van der Waals surface area contributed by atoms with E-state index in [1.165, 1.54) is 43.8 Å². The van der Waals surface area contributed by atoms with E-state index >= 15 is 0 Å². The molecule has 0 nitrogen and oxygen atoms in total. The molecule has 0 amide bonds. The van der Waals surface area contributed by atoms with Crippen LogP contribution in [0.4, 0.5) is 0 Å². The lowest BCUT2D eigenvalue weighted by atomic mass is 9.89. The summed E-state index contributed by atoms with van der Waals surface area (Å²) in [4.78, 5) is 0. The van der Waals surface area contributed by atoms with Crippen LogP contribution in [0.25, 0.3) is 43.8 Å². The molecule has 0 aromatic heterocycles. The highest BCUT2D eigenvalue weighted by Crippen LogP contribution is 2.39. The van der Waals surface area contributed by atoms with Crippen LogP contribution >= 0.6 is 0 Å². The molecule has 0 saturated carbocycles. The first kappa shape index (κ1) is 14.9. The van der Waals surface area contributed by atoms with Gasteiger partial charge in [0.05, 0.1) is 0 Å². The first-order valence-corrected chi connectivity index (χ1v) is 8.97. The van der Waals surface area contributed by atoms with E-state index in [2.05, 4.69) is 109 Å². The van der Waals surface area contributed by atoms with Crippen molar-refractivity contribution in [2.24, 2.45) is 0 Å². The fourth-order valence-corrected chi connectivity index (χ4v) is 3.86. The Morgan fingerprint density at radius 3 is 1.73 bits per heavy atom. The molecule has 0 heterocycles. The number of hydrogen-bond acceptors (Lipinski definition) is 0. The summed E-state index contributed by atoms with van der Waals surface area (Å²) >= 11 is 0. The van der Waals surface area contributed by atoms with E-state index in [9.17, 15) is 0 Å². The lowest BCUT2D eigenvalue weighted by molar-refractivity contribution is 1.60. The minimum Gasteiger partial charge on any atom is -0.0622 e. The van der Waals surface area contributed by atoms with Crippen LogP contribution in [0, 0.1) is 0 Å². The summed E-state index contributed by atoms with van der Waals surface area (Å²) in [5.41, 5.74) is 5.09. The molecule has 0 aliphatic heterocycles. The predicted molar refractivity (Wildman–Crippen MR) is 112 cm³/mol. The fourth-order valence-electron chi connectivity index (χ4n) is 3.86. The van der Waals surface area contributed by atoms with E-state index < -0.39 is 0 Å². The van der Waals surface area contributed by atoms with E-state index in [4.69, 9.17) is 0 Å². The summed E-state index contributed by atoms with van der Waals surface area (Å²) in [6.07, 6.45) is 0. The molecule has 0 atom stereocenters. The van der Waals surface area contributed by atoms with E-state index in [0.717, 1.165) is 0 Å². The van der Waals surface area contributed by atoms with E-state index in [1.54, 1.807) is 0 Å². The van der Waals surface area contributed by atoms with Gasteiger partial charge in [0, 0.05) is 0 Å². The first-order chi connectivity index (χ1) is 12.9. The lowest BCUT2D eigenvalue weighted by Gasteiger charge is -2.15. The maximum atomic E-state index is 2.33. The van der Waals surface area contributed by atoms with Gasteiger partial charge < -0.3 is 0 Å². The standard InChI is InChI=1S/C26H18/c1-2-10-19(11-3-1)21-13-6-7-16-24(21)26-18-20-12-4-5-14-22(20)23-15-8-9-17-25(23)26/h1-18H. The van der Waals surface area contributed by atoms with Gasteiger partial charge in [-0.25, -0.2) is 0 Å². The van der Waals surface area contributed by atoms with Gasteiger partial charge in [-0.15, -0.1) is 0 Å². The molecule has 0 saturated heterocycles. The Bertz CT molecular complexity index is 1220. The van der Waals surface area contributed by atoms with Crippen molar-refractivity contribution in [2.45, 2.75) is 0 Å². The maximum absolute atomic E-state index is 2.33. The van der Waals surface area contributed by atoms with Gasteiger partial charge in [0.25, 0.3) is 0 Å². The number of benzene rings is 5. The Morgan fingerprint density at radius 1 is 0.346 bits per heavy atom. The van der Waals surface area contributed by atoms with Crippen molar-refractivity contribution in [1.82, 2.24) is 0 Å².